The highest BCUT2D eigenvalue weighted by atomic mass is 16.2. The molecule has 1 aromatic rings. The smallest absolute Gasteiger partial charge is 0.254 e. The third kappa shape index (κ3) is 2.72. The summed E-state index contributed by atoms with van der Waals surface area (Å²) in [5, 5.41) is 3.39. The predicted molar refractivity (Wildman–Crippen MR) is 73.8 cm³/mol. The summed E-state index contributed by atoms with van der Waals surface area (Å²) >= 11 is 0. The minimum atomic E-state index is -0.127. The molecular weight excluding hydrogens is 224 g/mol. The molecular formula is C15H22N2O. The fourth-order valence-corrected chi connectivity index (χ4v) is 2.38. The summed E-state index contributed by atoms with van der Waals surface area (Å²) in [5.74, 6) is 0.142. The van der Waals surface area contributed by atoms with E-state index in [0.29, 0.717) is 0 Å². The van der Waals surface area contributed by atoms with Crippen molar-refractivity contribution in [1.29, 1.82) is 0 Å². The summed E-state index contributed by atoms with van der Waals surface area (Å²) in [7, 11) is 0. The number of benzene rings is 1. The zero-order valence-electron chi connectivity index (χ0n) is 11.5. The van der Waals surface area contributed by atoms with Crippen molar-refractivity contribution in [3.05, 3.63) is 35.4 Å². The van der Waals surface area contributed by atoms with Gasteiger partial charge >= 0.3 is 0 Å². The minimum absolute atomic E-state index is 0.127. The molecule has 1 amide bonds. The van der Waals surface area contributed by atoms with Gasteiger partial charge in [0.2, 0.25) is 0 Å². The van der Waals surface area contributed by atoms with Gasteiger partial charge in [-0.05, 0) is 45.9 Å². The highest BCUT2D eigenvalue weighted by molar-refractivity contribution is 5.94. The summed E-state index contributed by atoms with van der Waals surface area (Å²) in [6, 6.07) is 7.84. The molecule has 0 aromatic heterocycles. The molecule has 18 heavy (non-hydrogen) atoms. The summed E-state index contributed by atoms with van der Waals surface area (Å²) in [6.07, 6.45) is 1.01. The Morgan fingerprint density at radius 3 is 2.61 bits per heavy atom. The molecule has 0 unspecified atom stereocenters. The van der Waals surface area contributed by atoms with Crippen molar-refractivity contribution < 1.29 is 4.79 Å². The highest BCUT2D eigenvalue weighted by Crippen LogP contribution is 2.20. The molecule has 0 spiro atoms. The van der Waals surface area contributed by atoms with E-state index < -0.39 is 0 Å². The molecule has 3 nitrogen and oxygen atoms in total. The lowest BCUT2D eigenvalue weighted by Gasteiger charge is -2.37. The number of hydrogen-bond donors (Lipinski definition) is 1. The molecule has 0 aliphatic carbocycles. The number of rotatable bonds is 1. The first-order valence-electron chi connectivity index (χ1n) is 6.60. The molecule has 2 rings (SSSR count). The number of hydrogen-bond acceptors (Lipinski definition) is 2. The molecule has 98 valence electrons. The fourth-order valence-electron chi connectivity index (χ4n) is 2.38. The number of nitrogens with zero attached hydrogens (tertiary/aromatic N) is 1. The van der Waals surface area contributed by atoms with E-state index in [-0.39, 0.29) is 11.4 Å². The SMILES string of the molecule is Cc1ccc(C(=O)N2CCCNCC2(C)C)cc1. The third-order valence-corrected chi connectivity index (χ3v) is 3.57. The van der Waals surface area contributed by atoms with Crippen molar-refractivity contribution in [2.45, 2.75) is 32.7 Å². The predicted octanol–water partition coefficient (Wildman–Crippen LogP) is 2.21. The Kier molecular flexibility index (Phi) is 3.71. The second-order valence-electron chi connectivity index (χ2n) is 5.67. The average molecular weight is 246 g/mol. The van der Waals surface area contributed by atoms with Crippen molar-refractivity contribution in [2.75, 3.05) is 19.6 Å². The number of amides is 1. The van der Waals surface area contributed by atoms with E-state index in [1.165, 1.54) is 5.56 Å². The Bertz CT molecular complexity index is 423. The molecule has 1 heterocycles. The van der Waals surface area contributed by atoms with Crippen molar-refractivity contribution in [2.24, 2.45) is 0 Å². The molecule has 1 aliphatic heterocycles. The monoisotopic (exact) mass is 246 g/mol. The van der Waals surface area contributed by atoms with Crippen LogP contribution >= 0.6 is 0 Å². The Morgan fingerprint density at radius 1 is 1.28 bits per heavy atom. The third-order valence-electron chi connectivity index (χ3n) is 3.57. The van der Waals surface area contributed by atoms with Crippen LogP contribution in [-0.4, -0.2) is 36.0 Å². The molecule has 3 heteroatoms. The van der Waals surface area contributed by atoms with Crippen molar-refractivity contribution >= 4 is 5.91 Å². The van der Waals surface area contributed by atoms with Crippen LogP contribution in [0.4, 0.5) is 0 Å². The highest BCUT2D eigenvalue weighted by Gasteiger charge is 2.32. The molecule has 1 aromatic carbocycles. The van der Waals surface area contributed by atoms with Crippen molar-refractivity contribution in [1.82, 2.24) is 10.2 Å². The lowest BCUT2D eigenvalue weighted by Crippen LogP contribution is -2.51. The summed E-state index contributed by atoms with van der Waals surface area (Å²) in [4.78, 5) is 14.6. The van der Waals surface area contributed by atoms with Gasteiger partial charge in [-0.25, -0.2) is 0 Å². The largest absolute Gasteiger partial charge is 0.332 e. The average Bonchev–Trinajstić information content (AvgIpc) is 2.50. The standard InChI is InChI=1S/C15H22N2O/c1-12-5-7-13(8-6-12)14(18)17-10-4-9-16-11-15(17,2)3/h5-8,16H,4,9-11H2,1-3H3. The number of nitrogens with one attached hydrogen (secondary N) is 1. The lowest BCUT2D eigenvalue weighted by atomic mass is 10.0. The van der Waals surface area contributed by atoms with Gasteiger partial charge in [-0.2, -0.15) is 0 Å². The molecule has 1 N–H and O–H groups in total. The second kappa shape index (κ2) is 5.11. The van der Waals surface area contributed by atoms with Crippen LogP contribution in [0.25, 0.3) is 0 Å². The molecule has 0 saturated carbocycles. The Morgan fingerprint density at radius 2 is 1.94 bits per heavy atom. The van der Waals surface area contributed by atoms with E-state index >= 15 is 0 Å². The van der Waals surface area contributed by atoms with Gasteiger partial charge in [0, 0.05) is 24.2 Å². The zero-order chi connectivity index (χ0) is 13.2. The topological polar surface area (TPSA) is 32.3 Å². The maximum atomic E-state index is 12.6. The van der Waals surface area contributed by atoms with Crippen LogP contribution in [0, 0.1) is 6.92 Å². The van der Waals surface area contributed by atoms with Crippen LogP contribution in [-0.2, 0) is 0 Å². The van der Waals surface area contributed by atoms with Gasteiger partial charge in [-0.1, -0.05) is 17.7 Å². The number of carbonyl (C=O) groups excluding carboxylic acids is 1. The van der Waals surface area contributed by atoms with E-state index in [2.05, 4.69) is 19.2 Å². The number of carbonyl (C=O) groups is 1. The molecule has 1 aliphatic rings. The summed E-state index contributed by atoms with van der Waals surface area (Å²) in [5.41, 5.74) is 1.84. The van der Waals surface area contributed by atoms with Crippen LogP contribution in [0.2, 0.25) is 0 Å². The van der Waals surface area contributed by atoms with E-state index in [1.807, 2.05) is 36.1 Å². The summed E-state index contributed by atoms with van der Waals surface area (Å²) in [6.45, 7) is 8.95. The van der Waals surface area contributed by atoms with E-state index in [4.69, 9.17) is 0 Å². The lowest BCUT2D eigenvalue weighted by molar-refractivity contribution is 0.0578. The quantitative estimate of drug-likeness (QED) is 0.824. The van der Waals surface area contributed by atoms with Crippen molar-refractivity contribution in [3.63, 3.8) is 0 Å². The Hall–Kier alpha value is -1.35. The van der Waals surface area contributed by atoms with Gasteiger partial charge in [-0.15, -0.1) is 0 Å². The van der Waals surface area contributed by atoms with Crippen LogP contribution in [0.1, 0.15) is 36.2 Å². The molecule has 1 fully saturated rings. The van der Waals surface area contributed by atoms with Crippen molar-refractivity contribution in [3.8, 4) is 0 Å². The van der Waals surface area contributed by atoms with Crippen LogP contribution in [0.15, 0.2) is 24.3 Å². The Balaban J connectivity index is 2.23. The van der Waals surface area contributed by atoms with Gasteiger partial charge < -0.3 is 10.2 Å². The van der Waals surface area contributed by atoms with Gasteiger partial charge in [0.05, 0.1) is 0 Å². The van der Waals surface area contributed by atoms with Crippen LogP contribution in [0.3, 0.4) is 0 Å². The van der Waals surface area contributed by atoms with Crippen LogP contribution < -0.4 is 5.32 Å². The molecule has 0 radical (unpaired) electrons. The molecule has 0 atom stereocenters. The number of aryl methyl sites for hydroxylation is 1. The summed E-state index contributed by atoms with van der Waals surface area (Å²) < 4.78 is 0. The molecule has 0 bridgehead atoms. The maximum absolute atomic E-state index is 12.6. The van der Waals surface area contributed by atoms with Gasteiger partial charge in [0.1, 0.15) is 0 Å². The Labute approximate surface area is 109 Å². The first kappa shape index (κ1) is 13.1. The van der Waals surface area contributed by atoms with Gasteiger partial charge in [0.25, 0.3) is 5.91 Å². The van der Waals surface area contributed by atoms with Gasteiger partial charge in [-0.3, -0.25) is 4.79 Å². The fraction of sp³-hybridized carbons (Fsp3) is 0.533. The van der Waals surface area contributed by atoms with Crippen LogP contribution in [0.5, 0.6) is 0 Å². The maximum Gasteiger partial charge on any atom is 0.254 e. The second-order valence-corrected chi connectivity index (χ2v) is 5.67. The van der Waals surface area contributed by atoms with E-state index in [0.717, 1.165) is 31.6 Å². The van der Waals surface area contributed by atoms with E-state index in [1.54, 1.807) is 0 Å². The van der Waals surface area contributed by atoms with E-state index in [9.17, 15) is 4.79 Å². The first-order chi connectivity index (χ1) is 8.50. The molecule has 1 saturated heterocycles. The minimum Gasteiger partial charge on any atom is -0.332 e. The van der Waals surface area contributed by atoms with Gasteiger partial charge in [0.15, 0.2) is 0 Å². The first-order valence-corrected chi connectivity index (χ1v) is 6.60. The zero-order valence-corrected chi connectivity index (χ0v) is 11.5. The normalized spacial score (nSPS) is 19.4.